The Balaban J connectivity index is 3.72. The third kappa shape index (κ3) is 7.84. The van der Waals surface area contributed by atoms with Gasteiger partial charge in [-0.3, -0.25) is 0 Å². The number of nitrogens with one attached hydrogen (secondary N) is 1. The van der Waals surface area contributed by atoms with Gasteiger partial charge in [0.1, 0.15) is 0 Å². The zero-order chi connectivity index (χ0) is 11.7. The first-order chi connectivity index (χ1) is 7.05. The highest BCUT2D eigenvalue weighted by Gasteiger charge is 2.19. The van der Waals surface area contributed by atoms with Gasteiger partial charge in [-0.05, 0) is 31.2 Å². The second kappa shape index (κ2) is 8.15. The van der Waals surface area contributed by atoms with Crippen LogP contribution < -0.4 is 5.32 Å². The molecule has 0 saturated carbocycles. The number of unbranched alkanes of at least 4 members (excludes halogenated alkanes) is 2. The van der Waals surface area contributed by atoms with E-state index < -0.39 is 0 Å². The molecule has 0 aliphatic heterocycles. The highest BCUT2D eigenvalue weighted by atomic mass is 14.9. The maximum absolute atomic E-state index is 3.69. The van der Waals surface area contributed by atoms with Gasteiger partial charge in [0.05, 0.1) is 0 Å². The maximum atomic E-state index is 3.69. The van der Waals surface area contributed by atoms with Crippen LogP contribution in [0.3, 0.4) is 0 Å². The van der Waals surface area contributed by atoms with Crippen LogP contribution >= 0.6 is 0 Å². The lowest BCUT2D eigenvalue weighted by Crippen LogP contribution is -2.33. The molecule has 1 N–H and O–H groups in total. The first-order valence-electron chi connectivity index (χ1n) is 6.79. The number of hydrogen-bond acceptors (Lipinski definition) is 1. The second-order valence-electron chi connectivity index (χ2n) is 5.49. The predicted octanol–water partition coefficient (Wildman–Crippen LogP) is 4.37. The molecular weight excluding hydrogens is 182 g/mol. The summed E-state index contributed by atoms with van der Waals surface area (Å²) in [5.41, 5.74) is 0.498. The lowest BCUT2D eigenvalue weighted by Gasteiger charge is -2.28. The molecule has 0 aromatic rings. The van der Waals surface area contributed by atoms with Crippen LogP contribution in [0.4, 0.5) is 0 Å². The van der Waals surface area contributed by atoms with Gasteiger partial charge in [-0.2, -0.15) is 0 Å². The lowest BCUT2D eigenvalue weighted by molar-refractivity contribution is 0.266. The van der Waals surface area contributed by atoms with Gasteiger partial charge in [-0.1, -0.05) is 53.9 Å². The SMILES string of the molecule is CCCCCNC(CC)CC(C)(C)CC. The summed E-state index contributed by atoms with van der Waals surface area (Å²) in [5.74, 6) is 0. The Morgan fingerprint density at radius 3 is 2.20 bits per heavy atom. The van der Waals surface area contributed by atoms with Crippen LogP contribution in [-0.2, 0) is 0 Å². The highest BCUT2D eigenvalue weighted by Crippen LogP contribution is 2.26. The molecule has 0 heterocycles. The third-order valence-electron chi connectivity index (χ3n) is 3.46. The van der Waals surface area contributed by atoms with Crippen molar-refractivity contribution < 1.29 is 0 Å². The van der Waals surface area contributed by atoms with E-state index in [4.69, 9.17) is 0 Å². The minimum Gasteiger partial charge on any atom is -0.314 e. The topological polar surface area (TPSA) is 12.0 Å². The normalized spacial score (nSPS) is 14.2. The molecule has 0 bridgehead atoms. The summed E-state index contributed by atoms with van der Waals surface area (Å²) in [5, 5.41) is 3.69. The summed E-state index contributed by atoms with van der Waals surface area (Å²) in [7, 11) is 0. The molecule has 0 aromatic heterocycles. The van der Waals surface area contributed by atoms with Gasteiger partial charge in [0.25, 0.3) is 0 Å². The first-order valence-corrected chi connectivity index (χ1v) is 6.79. The fraction of sp³-hybridized carbons (Fsp3) is 1.00. The molecule has 0 aromatic carbocycles. The number of hydrogen-bond donors (Lipinski definition) is 1. The smallest absolute Gasteiger partial charge is 0.00695 e. The molecule has 0 amide bonds. The van der Waals surface area contributed by atoms with Crippen molar-refractivity contribution in [2.45, 2.75) is 79.2 Å². The van der Waals surface area contributed by atoms with Crippen molar-refractivity contribution in [3.8, 4) is 0 Å². The van der Waals surface area contributed by atoms with Crippen LogP contribution in [0.25, 0.3) is 0 Å². The van der Waals surface area contributed by atoms with E-state index in [1.165, 1.54) is 45.1 Å². The second-order valence-corrected chi connectivity index (χ2v) is 5.49. The van der Waals surface area contributed by atoms with E-state index in [1.54, 1.807) is 0 Å². The summed E-state index contributed by atoms with van der Waals surface area (Å²) >= 11 is 0. The van der Waals surface area contributed by atoms with Crippen molar-refractivity contribution in [1.82, 2.24) is 5.32 Å². The summed E-state index contributed by atoms with van der Waals surface area (Å²) in [4.78, 5) is 0. The molecule has 1 unspecified atom stereocenters. The Morgan fingerprint density at radius 1 is 1.07 bits per heavy atom. The summed E-state index contributed by atoms with van der Waals surface area (Å²) < 4.78 is 0. The van der Waals surface area contributed by atoms with Crippen LogP contribution in [-0.4, -0.2) is 12.6 Å². The Kier molecular flexibility index (Phi) is 8.13. The number of rotatable bonds is 9. The summed E-state index contributed by atoms with van der Waals surface area (Å²) in [6.07, 6.45) is 7.86. The van der Waals surface area contributed by atoms with Crippen LogP contribution in [0, 0.1) is 5.41 Å². The van der Waals surface area contributed by atoms with Gasteiger partial charge in [0.15, 0.2) is 0 Å². The van der Waals surface area contributed by atoms with E-state index in [0.717, 1.165) is 6.04 Å². The fourth-order valence-electron chi connectivity index (χ4n) is 1.85. The van der Waals surface area contributed by atoms with Gasteiger partial charge < -0.3 is 5.32 Å². The van der Waals surface area contributed by atoms with Crippen molar-refractivity contribution >= 4 is 0 Å². The molecule has 1 nitrogen and oxygen atoms in total. The molecule has 1 atom stereocenters. The molecular formula is C14H31N. The minimum absolute atomic E-state index is 0.498. The van der Waals surface area contributed by atoms with Gasteiger partial charge >= 0.3 is 0 Å². The van der Waals surface area contributed by atoms with Gasteiger partial charge in [-0.25, -0.2) is 0 Å². The van der Waals surface area contributed by atoms with Crippen molar-refractivity contribution in [2.75, 3.05) is 6.54 Å². The van der Waals surface area contributed by atoms with E-state index in [9.17, 15) is 0 Å². The van der Waals surface area contributed by atoms with E-state index in [2.05, 4.69) is 39.9 Å². The van der Waals surface area contributed by atoms with Crippen LogP contribution in [0.5, 0.6) is 0 Å². The Bertz CT molecular complexity index is 140. The molecule has 1 heteroatoms. The summed E-state index contributed by atoms with van der Waals surface area (Å²) in [6, 6.07) is 0.719. The van der Waals surface area contributed by atoms with E-state index in [1.807, 2.05) is 0 Å². The van der Waals surface area contributed by atoms with Crippen LogP contribution in [0.1, 0.15) is 73.1 Å². The average Bonchev–Trinajstić information content (AvgIpc) is 2.22. The van der Waals surface area contributed by atoms with E-state index >= 15 is 0 Å². The zero-order valence-corrected chi connectivity index (χ0v) is 11.5. The molecule has 0 fully saturated rings. The minimum atomic E-state index is 0.498. The molecule has 0 rings (SSSR count). The predicted molar refractivity (Wildman–Crippen MR) is 70.3 cm³/mol. The maximum Gasteiger partial charge on any atom is 0.00695 e. The van der Waals surface area contributed by atoms with Crippen molar-refractivity contribution in [3.05, 3.63) is 0 Å². The van der Waals surface area contributed by atoms with Crippen molar-refractivity contribution in [1.29, 1.82) is 0 Å². The largest absolute Gasteiger partial charge is 0.314 e. The molecule has 0 spiro atoms. The average molecular weight is 213 g/mol. The molecule has 15 heavy (non-hydrogen) atoms. The standard InChI is InChI=1S/C14H31N/c1-6-9-10-11-15-13(7-2)12-14(4,5)8-3/h13,15H,6-12H2,1-5H3. The van der Waals surface area contributed by atoms with E-state index in [-0.39, 0.29) is 0 Å². The molecule has 0 aliphatic rings. The van der Waals surface area contributed by atoms with Gasteiger partial charge in [0, 0.05) is 6.04 Å². The Morgan fingerprint density at radius 2 is 1.73 bits per heavy atom. The van der Waals surface area contributed by atoms with Crippen molar-refractivity contribution in [3.63, 3.8) is 0 Å². The first kappa shape index (κ1) is 15.0. The fourth-order valence-corrected chi connectivity index (χ4v) is 1.85. The van der Waals surface area contributed by atoms with Gasteiger partial charge in [0.2, 0.25) is 0 Å². The monoisotopic (exact) mass is 213 g/mol. The third-order valence-corrected chi connectivity index (χ3v) is 3.46. The lowest BCUT2D eigenvalue weighted by atomic mass is 9.82. The molecule has 0 saturated heterocycles. The van der Waals surface area contributed by atoms with E-state index in [0.29, 0.717) is 5.41 Å². The highest BCUT2D eigenvalue weighted by molar-refractivity contribution is 4.75. The molecule has 92 valence electrons. The quantitative estimate of drug-likeness (QED) is 0.561. The Hall–Kier alpha value is -0.0400. The Labute approximate surface area is 97.0 Å². The zero-order valence-electron chi connectivity index (χ0n) is 11.5. The molecule has 0 aliphatic carbocycles. The van der Waals surface area contributed by atoms with Crippen LogP contribution in [0.2, 0.25) is 0 Å². The summed E-state index contributed by atoms with van der Waals surface area (Å²) in [6.45, 7) is 12.8. The van der Waals surface area contributed by atoms with Crippen LogP contribution in [0.15, 0.2) is 0 Å². The van der Waals surface area contributed by atoms with Crippen molar-refractivity contribution in [2.24, 2.45) is 5.41 Å². The molecule has 0 radical (unpaired) electrons. The van der Waals surface area contributed by atoms with Gasteiger partial charge in [-0.15, -0.1) is 0 Å².